The maximum absolute atomic E-state index is 3.83. The molecule has 1 rings (SSSR count). The second-order valence-electron chi connectivity index (χ2n) is 3.39. The fourth-order valence-electron chi connectivity index (χ4n) is 1.49. The Morgan fingerprint density at radius 3 is 2.50 bits per heavy atom. The maximum atomic E-state index is 3.83. The molecular formula is C8H17N2. The molecule has 0 N–H and O–H groups in total. The Morgan fingerprint density at radius 1 is 1.50 bits per heavy atom. The van der Waals surface area contributed by atoms with Crippen LogP contribution in [0, 0.1) is 12.8 Å². The Kier molecular flexibility index (Phi) is 2.69. The van der Waals surface area contributed by atoms with Crippen LogP contribution >= 0.6 is 0 Å². The molecule has 0 aromatic rings. The molecule has 59 valence electrons. The van der Waals surface area contributed by atoms with Crippen molar-refractivity contribution in [2.45, 2.75) is 0 Å². The summed E-state index contributed by atoms with van der Waals surface area (Å²) in [7, 11) is 4.26. The summed E-state index contributed by atoms with van der Waals surface area (Å²) >= 11 is 0. The molecule has 0 aromatic carbocycles. The van der Waals surface area contributed by atoms with Crippen LogP contribution in [0.15, 0.2) is 0 Å². The molecule has 1 radical (unpaired) electrons. The van der Waals surface area contributed by atoms with Gasteiger partial charge in [0.15, 0.2) is 0 Å². The second kappa shape index (κ2) is 3.35. The molecule has 2 heteroatoms. The highest BCUT2D eigenvalue weighted by Crippen LogP contribution is 2.14. The molecule has 1 heterocycles. The smallest absolute Gasteiger partial charge is 0.00343 e. The van der Waals surface area contributed by atoms with Gasteiger partial charge in [-0.1, -0.05) is 0 Å². The Morgan fingerprint density at radius 2 is 2.10 bits per heavy atom. The van der Waals surface area contributed by atoms with Gasteiger partial charge >= 0.3 is 0 Å². The van der Waals surface area contributed by atoms with Crippen molar-refractivity contribution in [1.29, 1.82) is 0 Å². The molecular weight excluding hydrogens is 124 g/mol. The highest BCUT2D eigenvalue weighted by atomic mass is 15.2. The van der Waals surface area contributed by atoms with Crippen LogP contribution in [0.1, 0.15) is 0 Å². The predicted octanol–water partition coefficient (Wildman–Crippen LogP) is 0.314. The van der Waals surface area contributed by atoms with E-state index in [0.717, 1.165) is 12.5 Å². The van der Waals surface area contributed by atoms with Crippen molar-refractivity contribution in [3.63, 3.8) is 0 Å². The monoisotopic (exact) mass is 141 g/mol. The standard InChI is InChI=1S/C8H17N2/c1-4-10-6-8(7-10)5-9(2)3/h8H,1,4-7H2,2-3H3. The van der Waals surface area contributed by atoms with Crippen molar-refractivity contribution in [3.8, 4) is 0 Å². The van der Waals surface area contributed by atoms with E-state index in [9.17, 15) is 0 Å². The minimum absolute atomic E-state index is 0.900. The first-order valence-electron chi connectivity index (χ1n) is 3.88. The number of hydrogen-bond donors (Lipinski definition) is 0. The first-order valence-corrected chi connectivity index (χ1v) is 3.88. The zero-order chi connectivity index (χ0) is 7.56. The quantitative estimate of drug-likeness (QED) is 0.558. The van der Waals surface area contributed by atoms with E-state index in [0.29, 0.717) is 0 Å². The van der Waals surface area contributed by atoms with Crippen LogP contribution in [0.2, 0.25) is 0 Å². The molecule has 0 bridgehead atoms. The third-order valence-corrected chi connectivity index (χ3v) is 1.97. The Hall–Kier alpha value is -0.0800. The summed E-state index contributed by atoms with van der Waals surface area (Å²) in [6.07, 6.45) is 0. The van der Waals surface area contributed by atoms with Gasteiger partial charge in [-0.2, -0.15) is 0 Å². The van der Waals surface area contributed by atoms with Gasteiger partial charge < -0.3 is 9.80 Å². The minimum Gasteiger partial charge on any atom is -0.309 e. The molecule has 2 nitrogen and oxygen atoms in total. The molecule has 0 saturated carbocycles. The van der Waals surface area contributed by atoms with Gasteiger partial charge in [-0.05, 0) is 33.5 Å². The van der Waals surface area contributed by atoms with E-state index in [4.69, 9.17) is 0 Å². The highest BCUT2D eigenvalue weighted by Gasteiger charge is 2.24. The summed E-state index contributed by atoms with van der Waals surface area (Å²) < 4.78 is 0. The van der Waals surface area contributed by atoms with Crippen molar-refractivity contribution < 1.29 is 0 Å². The third kappa shape index (κ3) is 1.96. The molecule has 0 atom stereocenters. The molecule has 1 saturated heterocycles. The van der Waals surface area contributed by atoms with E-state index < -0.39 is 0 Å². The van der Waals surface area contributed by atoms with Crippen LogP contribution in [0.3, 0.4) is 0 Å². The summed E-state index contributed by atoms with van der Waals surface area (Å²) in [6, 6.07) is 0. The van der Waals surface area contributed by atoms with Crippen LogP contribution in [-0.2, 0) is 0 Å². The van der Waals surface area contributed by atoms with Gasteiger partial charge in [0, 0.05) is 19.6 Å². The molecule has 0 amide bonds. The SMILES string of the molecule is [CH2]CN1CC(CN(C)C)C1. The Bertz CT molecular complexity index is 95.4. The van der Waals surface area contributed by atoms with Gasteiger partial charge in [0.2, 0.25) is 0 Å². The minimum atomic E-state index is 0.900. The lowest BCUT2D eigenvalue weighted by Gasteiger charge is -2.39. The Balaban J connectivity index is 2.03. The molecule has 1 aliphatic rings. The van der Waals surface area contributed by atoms with E-state index in [2.05, 4.69) is 30.8 Å². The number of hydrogen-bond acceptors (Lipinski definition) is 2. The number of nitrogens with zero attached hydrogens (tertiary/aromatic N) is 2. The van der Waals surface area contributed by atoms with E-state index in [1.807, 2.05) is 0 Å². The molecule has 1 aliphatic heterocycles. The van der Waals surface area contributed by atoms with E-state index in [1.165, 1.54) is 19.6 Å². The van der Waals surface area contributed by atoms with E-state index >= 15 is 0 Å². The lowest BCUT2D eigenvalue weighted by atomic mass is 10.0. The lowest BCUT2D eigenvalue weighted by Crippen LogP contribution is -2.50. The van der Waals surface area contributed by atoms with Crippen LogP contribution in [0.5, 0.6) is 0 Å². The van der Waals surface area contributed by atoms with Crippen molar-refractivity contribution in [1.82, 2.24) is 9.80 Å². The average Bonchev–Trinajstić information content (AvgIpc) is 1.76. The first kappa shape index (κ1) is 8.02. The summed E-state index contributed by atoms with van der Waals surface area (Å²) in [5.74, 6) is 0.900. The van der Waals surface area contributed by atoms with Crippen LogP contribution in [0.4, 0.5) is 0 Å². The first-order chi connectivity index (χ1) is 4.72. The van der Waals surface area contributed by atoms with Crippen LogP contribution < -0.4 is 0 Å². The summed E-state index contributed by atoms with van der Waals surface area (Å²) in [6.45, 7) is 8.55. The predicted molar refractivity (Wildman–Crippen MR) is 43.8 cm³/mol. The van der Waals surface area contributed by atoms with Gasteiger partial charge in [0.1, 0.15) is 0 Å². The van der Waals surface area contributed by atoms with Crippen molar-refractivity contribution in [2.24, 2.45) is 5.92 Å². The number of likely N-dealkylation sites (tertiary alicyclic amines) is 1. The lowest BCUT2D eigenvalue weighted by molar-refractivity contribution is 0.0919. The van der Waals surface area contributed by atoms with Crippen LogP contribution in [0.25, 0.3) is 0 Å². The van der Waals surface area contributed by atoms with Crippen molar-refractivity contribution in [2.75, 3.05) is 40.3 Å². The molecule has 0 aromatic heterocycles. The molecule has 0 unspecified atom stereocenters. The zero-order valence-electron chi connectivity index (χ0n) is 7.01. The average molecular weight is 141 g/mol. The molecule has 10 heavy (non-hydrogen) atoms. The van der Waals surface area contributed by atoms with Gasteiger partial charge in [0.05, 0.1) is 0 Å². The zero-order valence-corrected chi connectivity index (χ0v) is 7.01. The van der Waals surface area contributed by atoms with E-state index in [-0.39, 0.29) is 0 Å². The largest absolute Gasteiger partial charge is 0.309 e. The van der Waals surface area contributed by atoms with Crippen LogP contribution in [-0.4, -0.2) is 50.1 Å². The van der Waals surface area contributed by atoms with Gasteiger partial charge in [-0.15, -0.1) is 0 Å². The second-order valence-corrected chi connectivity index (χ2v) is 3.39. The third-order valence-electron chi connectivity index (χ3n) is 1.97. The van der Waals surface area contributed by atoms with E-state index in [1.54, 1.807) is 0 Å². The fourth-order valence-corrected chi connectivity index (χ4v) is 1.49. The summed E-state index contributed by atoms with van der Waals surface area (Å²) in [4.78, 5) is 4.62. The fraction of sp³-hybridized carbons (Fsp3) is 0.875. The maximum Gasteiger partial charge on any atom is 0.00343 e. The van der Waals surface area contributed by atoms with Crippen molar-refractivity contribution >= 4 is 0 Å². The van der Waals surface area contributed by atoms with Gasteiger partial charge in [-0.25, -0.2) is 0 Å². The topological polar surface area (TPSA) is 6.48 Å². The summed E-state index contributed by atoms with van der Waals surface area (Å²) in [5, 5.41) is 0. The molecule has 1 fully saturated rings. The molecule has 0 aliphatic carbocycles. The summed E-state index contributed by atoms with van der Waals surface area (Å²) in [5.41, 5.74) is 0. The normalized spacial score (nSPS) is 21.6. The van der Waals surface area contributed by atoms with Crippen molar-refractivity contribution in [3.05, 3.63) is 6.92 Å². The Labute approximate surface area is 63.8 Å². The molecule has 0 spiro atoms. The van der Waals surface area contributed by atoms with Gasteiger partial charge in [0.25, 0.3) is 0 Å². The number of rotatable bonds is 3. The highest BCUT2D eigenvalue weighted by molar-refractivity contribution is 4.81. The van der Waals surface area contributed by atoms with Gasteiger partial charge in [-0.3, -0.25) is 0 Å².